The SMILES string of the molecule is CC(=O)C1[C@H](O)CC2[C@@H]3CC=C4C[C@@H](O)CC[C@]4(C)[C@H]3CC[C@]12C. The first-order valence-corrected chi connectivity index (χ1v) is 9.83. The molecule has 0 saturated heterocycles. The molecular weight excluding hydrogens is 300 g/mol. The van der Waals surface area contributed by atoms with Gasteiger partial charge in [-0.25, -0.2) is 0 Å². The van der Waals surface area contributed by atoms with Crippen molar-refractivity contribution < 1.29 is 15.0 Å². The van der Waals surface area contributed by atoms with Gasteiger partial charge in [0.2, 0.25) is 0 Å². The summed E-state index contributed by atoms with van der Waals surface area (Å²) in [5.41, 5.74) is 1.68. The monoisotopic (exact) mass is 332 g/mol. The molecule has 0 amide bonds. The lowest BCUT2D eigenvalue weighted by molar-refractivity contribution is -0.130. The number of ketones is 1. The zero-order valence-corrected chi connectivity index (χ0v) is 15.3. The van der Waals surface area contributed by atoms with Crippen molar-refractivity contribution in [1.82, 2.24) is 0 Å². The second-order valence-electron chi connectivity index (χ2n) is 9.59. The molecular formula is C21H32O3. The standard InChI is InChI=1S/C21H32O3/c1-12(22)19-18(24)11-17-15-5-4-13-10-14(23)6-8-20(13,2)16(15)7-9-21(17,19)3/h4,14-19,23-24H,5-11H2,1-3H3/t14-,15+,16-,17?,18+,19?,20-,21-/m0/s1. The number of aliphatic hydroxyl groups excluding tert-OH is 2. The fourth-order valence-electron chi connectivity index (χ4n) is 7.39. The van der Waals surface area contributed by atoms with Gasteiger partial charge in [0.15, 0.2) is 0 Å². The van der Waals surface area contributed by atoms with Gasteiger partial charge in [-0.15, -0.1) is 0 Å². The maximum Gasteiger partial charge on any atom is 0.136 e. The number of rotatable bonds is 1. The van der Waals surface area contributed by atoms with Crippen LogP contribution in [0.25, 0.3) is 0 Å². The highest BCUT2D eigenvalue weighted by Gasteiger charge is 2.61. The first-order valence-electron chi connectivity index (χ1n) is 9.83. The van der Waals surface area contributed by atoms with Crippen LogP contribution in [0.4, 0.5) is 0 Å². The minimum Gasteiger partial charge on any atom is -0.393 e. The Morgan fingerprint density at radius 1 is 1.17 bits per heavy atom. The molecule has 0 aromatic rings. The predicted octanol–water partition coefficient (Wildman–Crippen LogP) is 3.49. The summed E-state index contributed by atoms with van der Waals surface area (Å²) in [4.78, 5) is 12.2. The lowest BCUT2D eigenvalue weighted by Gasteiger charge is -2.57. The second-order valence-corrected chi connectivity index (χ2v) is 9.59. The van der Waals surface area contributed by atoms with E-state index in [1.54, 1.807) is 6.92 Å². The van der Waals surface area contributed by atoms with Gasteiger partial charge in [-0.2, -0.15) is 0 Å². The molecule has 8 atom stereocenters. The molecule has 0 spiro atoms. The number of allylic oxidation sites excluding steroid dienone is 1. The van der Waals surface area contributed by atoms with Gasteiger partial charge in [0.05, 0.1) is 12.2 Å². The average molecular weight is 332 g/mol. The van der Waals surface area contributed by atoms with Crippen LogP contribution < -0.4 is 0 Å². The Labute approximate surface area is 145 Å². The summed E-state index contributed by atoms with van der Waals surface area (Å²) in [6, 6.07) is 0. The van der Waals surface area contributed by atoms with Gasteiger partial charge < -0.3 is 10.2 Å². The van der Waals surface area contributed by atoms with Crippen LogP contribution in [0.15, 0.2) is 11.6 Å². The topological polar surface area (TPSA) is 57.5 Å². The van der Waals surface area contributed by atoms with E-state index in [2.05, 4.69) is 19.9 Å². The molecule has 0 aromatic carbocycles. The van der Waals surface area contributed by atoms with Crippen LogP contribution in [-0.2, 0) is 4.79 Å². The van der Waals surface area contributed by atoms with Gasteiger partial charge in [0.1, 0.15) is 5.78 Å². The quantitative estimate of drug-likeness (QED) is 0.723. The van der Waals surface area contributed by atoms with Crippen LogP contribution in [0, 0.1) is 34.5 Å². The first kappa shape index (κ1) is 16.8. The van der Waals surface area contributed by atoms with Crippen LogP contribution in [0.2, 0.25) is 0 Å². The second kappa shape index (κ2) is 5.41. The van der Waals surface area contributed by atoms with Crippen molar-refractivity contribution in [3.05, 3.63) is 11.6 Å². The van der Waals surface area contributed by atoms with E-state index in [0.717, 1.165) is 44.9 Å². The number of carbonyl (C=O) groups is 1. The molecule has 0 heterocycles. The van der Waals surface area contributed by atoms with Gasteiger partial charge in [-0.1, -0.05) is 25.5 Å². The number of carbonyl (C=O) groups excluding carboxylic acids is 1. The van der Waals surface area contributed by atoms with E-state index in [-0.39, 0.29) is 28.6 Å². The highest BCUT2D eigenvalue weighted by atomic mass is 16.3. The fraction of sp³-hybridized carbons (Fsp3) is 0.857. The van der Waals surface area contributed by atoms with Crippen molar-refractivity contribution in [1.29, 1.82) is 0 Å². The van der Waals surface area contributed by atoms with Gasteiger partial charge in [0, 0.05) is 5.92 Å². The van der Waals surface area contributed by atoms with Crippen molar-refractivity contribution in [2.75, 3.05) is 0 Å². The third-order valence-corrected chi connectivity index (χ3v) is 8.54. The van der Waals surface area contributed by atoms with Crippen molar-refractivity contribution in [3.8, 4) is 0 Å². The highest BCUT2D eigenvalue weighted by Crippen LogP contribution is 2.66. The summed E-state index contributed by atoms with van der Waals surface area (Å²) >= 11 is 0. The molecule has 4 rings (SSSR count). The Bertz CT molecular complexity index is 582. The summed E-state index contributed by atoms with van der Waals surface area (Å²) in [6.45, 7) is 6.34. The molecule has 134 valence electrons. The Kier molecular flexibility index (Phi) is 3.78. The normalized spacial score (nSPS) is 53.6. The minimum absolute atomic E-state index is 0.0255. The Balaban J connectivity index is 1.68. The molecule has 24 heavy (non-hydrogen) atoms. The molecule has 2 unspecified atom stereocenters. The number of fused-ring (bicyclic) bond motifs is 5. The number of hydrogen-bond donors (Lipinski definition) is 2. The van der Waals surface area contributed by atoms with Gasteiger partial charge in [-0.05, 0) is 80.5 Å². The summed E-state index contributed by atoms with van der Waals surface area (Å²) in [5.74, 6) is 1.70. The molecule has 0 bridgehead atoms. The molecule has 2 N–H and O–H groups in total. The Morgan fingerprint density at radius 3 is 2.62 bits per heavy atom. The Morgan fingerprint density at radius 2 is 1.92 bits per heavy atom. The molecule has 0 aliphatic heterocycles. The zero-order chi connectivity index (χ0) is 17.3. The minimum atomic E-state index is -0.456. The summed E-state index contributed by atoms with van der Waals surface area (Å²) in [5, 5.41) is 20.7. The van der Waals surface area contributed by atoms with Crippen molar-refractivity contribution >= 4 is 5.78 Å². The summed E-state index contributed by atoms with van der Waals surface area (Å²) in [6.07, 6.45) is 8.73. The van der Waals surface area contributed by atoms with E-state index in [4.69, 9.17) is 0 Å². The van der Waals surface area contributed by atoms with Crippen LogP contribution in [-0.4, -0.2) is 28.2 Å². The molecule has 3 fully saturated rings. The molecule has 3 heteroatoms. The largest absolute Gasteiger partial charge is 0.393 e. The first-order chi connectivity index (χ1) is 11.3. The lowest BCUT2D eigenvalue weighted by Crippen LogP contribution is -2.51. The van der Waals surface area contributed by atoms with Gasteiger partial charge in [-0.3, -0.25) is 4.79 Å². The smallest absolute Gasteiger partial charge is 0.136 e. The molecule has 4 aliphatic rings. The maximum absolute atomic E-state index is 12.2. The third-order valence-electron chi connectivity index (χ3n) is 8.54. The van der Waals surface area contributed by atoms with Crippen LogP contribution in [0.5, 0.6) is 0 Å². The zero-order valence-electron chi connectivity index (χ0n) is 15.3. The van der Waals surface area contributed by atoms with Crippen molar-refractivity contribution in [2.24, 2.45) is 34.5 Å². The summed E-state index contributed by atoms with van der Waals surface area (Å²) < 4.78 is 0. The van der Waals surface area contributed by atoms with Gasteiger partial charge in [0.25, 0.3) is 0 Å². The fourth-order valence-corrected chi connectivity index (χ4v) is 7.39. The van der Waals surface area contributed by atoms with E-state index in [1.165, 1.54) is 5.57 Å². The van der Waals surface area contributed by atoms with Gasteiger partial charge >= 0.3 is 0 Å². The highest BCUT2D eigenvalue weighted by molar-refractivity contribution is 5.80. The van der Waals surface area contributed by atoms with Crippen LogP contribution in [0.1, 0.15) is 65.7 Å². The average Bonchev–Trinajstić information content (AvgIpc) is 2.78. The van der Waals surface area contributed by atoms with Crippen LogP contribution in [0.3, 0.4) is 0 Å². The number of hydrogen-bond acceptors (Lipinski definition) is 3. The van der Waals surface area contributed by atoms with E-state index in [0.29, 0.717) is 17.8 Å². The Hall–Kier alpha value is -0.670. The van der Waals surface area contributed by atoms with E-state index in [9.17, 15) is 15.0 Å². The van der Waals surface area contributed by atoms with E-state index < -0.39 is 6.10 Å². The third kappa shape index (κ3) is 2.13. The maximum atomic E-state index is 12.2. The summed E-state index contributed by atoms with van der Waals surface area (Å²) in [7, 11) is 0. The molecule has 3 nitrogen and oxygen atoms in total. The van der Waals surface area contributed by atoms with E-state index >= 15 is 0 Å². The predicted molar refractivity (Wildman–Crippen MR) is 93.3 cm³/mol. The van der Waals surface area contributed by atoms with E-state index in [1.807, 2.05) is 0 Å². The van der Waals surface area contributed by atoms with Crippen molar-refractivity contribution in [2.45, 2.75) is 77.9 Å². The van der Waals surface area contributed by atoms with Crippen LogP contribution >= 0.6 is 0 Å². The molecule has 0 aromatic heterocycles. The lowest BCUT2D eigenvalue weighted by atomic mass is 9.47. The molecule has 3 saturated carbocycles. The molecule has 4 aliphatic carbocycles. The van der Waals surface area contributed by atoms with Crippen molar-refractivity contribution in [3.63, 3.8) is 0 Å². The number of aliphatic hydroxyl groups is 2. The number of Topliss-reactive ketones (excluding diaryl/α,β-unsaturated/α-hetero) is 1. The molecule has 0 radical (unpaired) electrons.